The highest BCUT2D eigenvalue weighted by atomic mass is 16.6. The molecule has 0 aliphatic heterocycles. The third kappa shape index (κ3) is 6.67. The van der Waals surface area contributed by atoms with Crippen LogP contribution in [0, 0.1) is 0 Å². The summed E-state index contributed by atoms with van der Waals surface area (Å²) in [6, 6.07) is 0. The average molecular weight is 322 g/mol. The van der Waals surface area contributed by atoms with Crippen LogP contribution < -0.4 is 0 Å². The molecule has 0 radical (unpaired) electrons. The molecule has 0 N–H and O–H groups in total. The summed E-state index contributed by atoms with van der Waals surface area (Å²) >= 11 is 0. The van der Waals surface area contributed by atoms with E-state index < -0.39 is 17.7 Å². The van der Waals surface area contributed by atoms with Crippen molar-refractivity contribution in [3.8, 4) is 0 Å². The summed E-state index contributed by atoms with van der Waals surface area (Å²) in [5.41, 5.74) is -0.0559. The van der Waals surface area contributed by atoms with E-state index in [2.05, 4.69) is 11.9 Å². The number of aryl methyl sites for hydroxylation is 1. The first-order chi connectivity index (χ1) is 10.8. The van der Waals surface area contributed by atoms with Crippen LogP contribution in [0.25, 0.3) is 6.08 Å². The maximum atomic E-state index is 12.3. The fourth-order valence-corrected chi connectivity index (χ4v) is 1.84. The van der Waals surface area contributed by atoms with E-state index in [1.54, 1.807) is 13.1 Å². The van der Waals surface area contributed by atoms with Crippen LogP contribution in [0.3, 0.4) is 0 Å². The van der Waals surface area contributed by atoms with Crippen LogP contribution in [0.15, 0.2) is 12.3 Å². The molecule has 0 fully saturated rings. The molecule has 128 valence electrons. The second kappa shape index (κ2) is 8.50. The van der Waals surface area contributed by atoms with Crippen molar-refractivity contribution in [3.05, 3.63) is 23.8 Å². The van der Waals surface area contributed by atoms with Gasteiger partial charge in [0.15, 0.2) is 0 Å². The number of ether oxygens (including phenoxy) is 2. The van der Waals surface area contributed by atoms with Crippen LogP contribution >= 0.6 is 0 Å². The number of hydrogen-bond donors (Lipinski definition) is 0. The molecular weight excluding hydrogens is 296 g/mol. The van der Waals surface area contributed by atoms with Crippen LogP contribution in [-0.4, -0.2) is 33.8 Å². The number of esters is 1. The molecule has 1 aromatic rings. The Morgan fingerprint density at radius 2 is 2.00 bits per heavy atom. The Labute approximate surface area is 137 Å². The third-order valence-electron chi connectivity index (χ3n) is 2.82. The number of hydrogen-bond acceptors (Lipinski definition) is 5. The summed E-state index contributed by atoms with van der Waals surface area (Å²) < 4.78 is 11.6. The first kappa shape index (κ1) is 18.9. The maximum Gasteiger partial charge on any atom is 0.420 e. The molecule has 0 unspecified atom stereocenters. The SMILES string of the molecule is CCCCc1nc(C=CC(=O)OCC)cn1C(=O)OC(C)(C)C. The van der Waals surface area contributed by atoms with Crippen molar-refractivity contribution >= 4 is 18.1 Å². The topological polar surface area (TPSA) is 70.4 Å². The van der Waals surface area contributed by atoms with Crippen molar-refractivity contribution in [2.75, 3.05) is 6.61 Å². The van der Waals surface area contributed by atoms with E-state index in [9.17, 15) is 9.59 Å². The minimum Gasteiger partial charge on any atom is -0.463 e. The van der Waals surface area contributed by atoms with E-state index in [0.717, 1.165) is 12.8 Å². The zero-order chi connectivity index (χ0) is 17.5. The van der Waals surface area contributed by atoms with Gasteiger partial charge in [0, 0.05) is 18.7 Å². The molecule has 0 saturated carbocycles. The molecule has 23 heavy (non-hydrogen) atoms. The Bertz CT molecular complexity index is 568. The quantitative estimate of drug-likeness (QED) is 0.591. The highest BCUT2D eigenvalue weighted by molar-refractivity contribution is 5.86. The number of nitrogens with zero attached hydrogens (tertiary/aromatic N) is 2. The van der Waals surface area contributed by atoms with Crippen molar-refractivity contribution < 1.29 is 19.1 Å². The van der Waals surface area contributed by atoms with Gasteiger partial charge >= 0.3 is 12.1 Å². The van der Waals surface area contributed by atoms with Gasteiger partial charge in [0.05, 0.1) is 12.3 Å². The van der Waals surface area contributed by atoms with Gasteiger partial charge in [0.1, 0.15) is 11.4 Å². The van der Waals surface area contributed by atoms with Crippen molar-refractivity contribution in [1.29, 1.82) is 0 Å². The summed E-state index contributed by atoms with van der Waals surface area (Å²) in [5, 5.41) is 0. The Balaban J connectivity index is 2.98. The molecule has 0 amide bonds. The molecule has 0 aliphatic carbocycles. The second-order valence-corrected chi connectivity index (χ2v) is 6.12. The molecule has 0 aromatic carbocycles. The molecule has 6 nitrogen and oxygen atoms in total. The van der Waals surface area contributed by atoms with E-state index in [0.29, 0.717) is 24.5 Å². The Kier molecular flexibility index (Phi) is 7.00. The Morgan fingerprint density at radius 3 is 2.57 bits per heavy atom. The fraction of sp³-hybridized carbons (Fsp3) is 0.588. The minimum atomic E-state index is -0.579. The largest absolute Gasteiger partial charge is 0.463 e. The zero-order valence-electron chi connectivity index (χ0n) is 14.6. The van der Waals surface area contributed by atoms with Gasteiger partial charge in [0.25, 0.3) is 0 Å². The minimum absolute atomic E-state index is 0.317. The number of carbonyl (C=O) groups excluding carboxylic acids is 2. The first-order valence-electron chi connectivity index (χ1n) is 7.93. The molecule has 6 heteroatoms. The fourth-order valence-electron chi connectivity index (χ4n) is 1.84. The van der Waals surface area contributed by atoms with Gasteiger partial charge in [-0.05, 0) is 40.2 Å². The third-order valence-corrected chi connectivity index (χ3v) is 2.82. The lowest BCUT2D eigenvalue weighted by atomic mass is 10.2. The van der Waals surface area contributed by atoms with Crippen molar-refractivity contribution in [2.24, 2.45) is 0 Å². The second-order valence-electron chi connectivity index (χ2n) is 6.12. The predicted molar refractivity (Wildman–Crippen MR) is 88.1 cm³/mol. The molecule has 1 rings (SSSR count). The Morgan fingerprint density at radius 1 is 1.30 bits per heavy atom. The van der Waals surface area contributed by atoms with E-state index in [-0.39, 0.29) is 0 Å². The van der Waals surface area contributed by atoms with E-state index in [1.165, 1.54) is 16.7 Å². The van der Waals surface area contributed by atoms with Gasteiger partial charge in [-0.25, -0.2) is 19.1 Å². The molecule has 1 heterocycles. The van der Waals surface area contributed by atoms with Crippen LogP contribution in [0.1, 0.15) is 59.0 Å². The number of unbranched alkanes of at least 4 members (excludes halogenated alkanes) is 1. The normalized spacial score (nSPS) is 11.7. The first-order valence-corrected chi connectivity index (χ1v) is 7.93. The molecule has 0 bridgehead atoms. The van der Waals surface area contributed by atoms with Crippen LogP contribution in [-0.2, 0) is 20.7 Å². The van der Waals surface area contributed by atoms with Gasteiger partial charge in [-0.1, -0.05) is 13.3 Å². The van der Waals surface area contributed by atoms with Crippen LogP contribution in [0.4, 0.5) is 4.79 Å². The average Bonchev–Trinajstić information content (AvgIpc) is 2.85. The van der Waals surface area contributed by atoms with Crippen molar-refractivity contribution in [2.45, 2.75) is 59.5 Å². The van der Waals surface area contributed by atoms with E-state index in [4.69, 9.17) is 9.47 Å². The highest BCUT2D eigenvalue weighted by Gasteiger charge is 2.20. The lowest BCUT2D eigenvalue weighted by molar-refractivity contribution is -0.137. The van der Waals surface area contributed by atoms with E-state index in [1.807, 2.05) is 20.8 Å². The van der Waals surface area contributed by atoms with Gasteiger partial charge in [0.2, 0.25) is 0 Å². The number of carbonyl (C=O) groups is 2. The monoisotopic (exact) mass is 322 g/mol. The van der Waals surface area contributed by atoms with Crippen LogP contribution in [0.2, 0.25) is 0 Å². The zero-order valence-corrected chi connectivity index (χ0v) is 14.6. The summed E-state index contributed by atoms with van der Waals surface area (Å²) in [5.74, 6) is 0.194. The summed E-state index contributed by atoms with van der Waals surface area (Å²) in [6.07, 6.45) is 6.53. The van der Waals surface area contributed by atoms with Gasteiger partial charge in [-0.15, -0.1) is 0 Å². The molecule has 0 spiro atoms. The van der Waals surface area contributed by atoms with Crippen molar-refractivity contribution in [3.63, 3.8) is 0 Å². The summed E-state index contributed by atoms with van der Waals surface area (Å²) in [6.45, 7) is 9.57. The molecular formula is C17H26N2O4. The lowest BCUT2D eigenvalue weighted by Crippen LogP contribution is -2.27. The van der Waals surface area contributed by atoms with Gasteiger partial charge in [-0.2, -0.15) is 0 Å². The number of imidazole rings is 1. The Hall–Kier alpha value is -2.11. The van der Waals surface area contributed by atoms with Gasteiger partial charge < -0.3 is 9.47 Å². The summed E-state index contributed by atoms with van der Waals surface area (Å²) in [4.78, 5) is 28.0. The van der Waals surface area contributed by atoms with Gasteiger partial charge in [-0.3, -0.25) is 0 Å². The molecule has 0 aliphatic rings. The molecule has 1 aromatic heterocycles. The molecule has 0 atom stereocenters. The molecule has 0 saturated heterocycles. The van der Waals surface area contributed by atoms with E-state index >= 15 is 0 Å². The highest BCUT2D eigenvalue weighted by Crippen LogP contribution is 2.14. The number of aromatic nitrogens is 2. The summed E-state index contributed by atoms with van der Waals surface area (Å²) in [7, 11) is 0. The number of rotatable bonds is 6. The predicted octanol–water partition coefficient (Wildman–Crippen LogP) is 3.59. The standard InChI is InChI=1S/C17H26N2O4/c1-6-8-9-14-18-13(10-11-15(20)22-7-2)12-19(14)16(21)23-17(3,4)5/h10-12H,6-9H2,1-5H3. The van der Waals surface area contributed by atoms with Crippen LogP contribution in [0.5, 0.6) is 0 Å². The van der Waals surface area contributed by atoms with Crippen molar-refractivity contribution in [1.82, 2.24) is 9.55 Å². The lowest BCUT2D eigenvalue weighted by Gasteiger charge is -2.20. The maximum absolute atomic E-state index is 12.3. The smallest absolute Gasteiger partial charge is 0.420 e.